The molecule has 2 aromatic rings. The van der Waals surface area contributed by atoms with Crippen molar-refractivity contribution < 1.29 is 52.7 Å². The van der Waals surface area contributed by atoms with E-state index in [9.17, 15) is 24.3 Å². The number of nitrogens with two attached hydrogens (primary N) is 1. The van der Waals surface area contributed by atoms with Crippen LogP contribution in [0.1, 0.15) is 75.2 Å². The van der Waals surface area contributed by atoms with E-state index in [2.05, 4.69) is 15.0 Å². The largest absolute Gasteiger partial charge is 0.458 e. The number of rotatable bonds is 9. The summed E-state index contributed by atoms with van der Waals surface area (Å²) in [7, 11) is 1.49. The van der Waals surface area contributed by atoms with Gasteiger partial charge < -0.3 is 43.8 Å². The number of hydrogen-bond donors (Lipinski definition) is 2. The van der Waals surface area contributed by atoms with E-state index >= 15 is 0 Å². The highest BCUT2D eigenvalue weighted by Crippen LogP contribution is 2.49. The first-order valence-electron chi connectivity index (χ1n) is 19.3. The zero-order valence-electron chi connectivity index (χ0n) is 33.9. The highest BCUT2D eigenvalue weighted by Gasteiger charge is 2.61. The molecule has 56 heavy (non-hydrogen) atoms. The maximum atomic E-state index is 14.7. The summed E-state index contributed by atoms with van der Waals surface area (Å²) in [6.45, 7) is 15.7. The van der Waals surface area contributed by atoms with Gasteiger partial charge in [0.2, 0.25) is 0 Å². The topological polar surface area (TPSA) is 214 Å². The summed E-state index contributed by atoms with van der Waals surface area (Å²) in [5, 5.41) is 11.1. The van der Waals surface area contributed by atoms with Gasteiger partial charge in [-0.05, 0) is 46.6 Å². The molecule has 3 aliphatic rings. The van der Waals surface area contributed by atoms with Crippen LogP contribution in [0.4, 0.5) is 5.82 Å². The van der Waals surface area contributed by atoms with Crippen molar-refractivity contribution in [2.45, 2.75) is 135 Å². The number of fused-ring (bicyclic) bond motifs is 2. The summed E-state index contributed by atoms with van der Waals surface area (Å²) in [6, 6.07) is 0. The third-order valence-corrected chi connectivity index (χ3v) is 13.1. The van der Waals surface area contributed by atoms with Gasteiger partial charge in [0, 0.05) is 50.0 Å². The molecule has 0 saturated carbocycles. The number of imidazole rings is 1. The van der Waals surface area contributed by atoms with Crippen molar-refractivity contribution >= 4 is 52.4 Å². The van der Waals surface area contributed by atoms with Gasteiger partial charge in [-0.2, -0.15) is 0 Å². The van der Waals surface area contributed by atoms with Gasteiger partial charge in [-0.3, -0.25) is 19.2 Å². The summed E-state index contributed by atoms with van der Waals surface area (Å²) in [5.41, 5.74) is 4.39. The molecule has 310 valence electrons. The number of nitrogens with zero attached hydrogens (tertiary/aromatic N) is 4. The van der Waals surface area contributed by atoms with Crippen LogP contribution in [0.25, 0.3) is 11.2 Å². The maximum Gasteiger partial charge on any atom is 0.320 e. The number of aliphatic hydroxyl groups excluding tert-OH is 1. The van der Waals surface area contributed by atoms with Crippen LogP contribution in [-0.2, 0) is 54.1 Å². The highest BCUT2D eigenvalue weighted by atomic mass is 32.2. The van der Waals surface area contributed by atoms with Crippen LogP contribution in [0.15, 0.2) is 24.8 Å². The van der Waals surface area contributed by atoms with Gasteiger partial charge in [0.1, 0.15) is 29.0 Å². The molecule has 5 rings (SSSR count). The quantitative estimate of drug-likeness (QED) is 0.210. The minimum absolute atomic E-state index is 0.134. The van der Waals surface area contributed by atoms with Crippen molar-refractivity contribution in [2.24, 2.45) is 29.6 Å². The fourth-order valence-corrected chi connectivity index (χ4v) is 10.1. The van der Waals surface area contributed by atoms with Gasteiger partial charge in [-0.25, -0.2) is 15.0 Å². The van der Waals surface area contributed by atoms with E-state index in [0.717, 1.165) is 0 Å². The summed E-state index contributed by atoms with van der Waals surface area (Å²) in [6.07, 6.45) is 1.20. The SMILES string of the molecule is CC[C@H]1OC(=O)[C@H](C)[C@@H](O)[C@H](C)[C@@H](O[C@@H]2O[C@H](C)C=C[C@H]2OC(C)=O)[C@](C)(OC)C[C@@H](C)C(=O)[C@H](C)[C@H]2C(SCCn3cnc4c(N)ncnc43)C(=O)O[C@@]21C. The van der Waals surface area contributed by atoms with Crippen LogP contribution in [0.3, 0.4) is 0 Å². The Morgan fingerprint density at radius 1 is 1.07 bits per heavy atom. The third-order valence-electron chi connectivity index (χ3n) is 11.8. The first-order chi connectivity index (χ1) is 26.4. The second kappa shape index (κ2) is 17.5. The highest BCUT2D eigenvalue weighted by molar-refractivity contribution is 8.00. The summed E-state index contributed by atoms with van der Waals surface area (Å²) < 4.78 is 38.6. The molecular weight excluding hydrogens is 747 g/mol. The van der Waals surface area contributed by atoms with Crippen LogP contribution in [0, 0.1) is 29.6 Å². The van der Waals surface area contributed by atoms with Gasteiger partial charge in [0.25, 0.3) is 0 Å². The summed E-state index contributed by atoms with van der Waals surface area (Å²) in [5.74, 6) is -5.15. The van der Waals surface area contributed by atoms with Crippen molar-refractivity contribution in [1.29, 1.82) is 0 Å². The van der Waals surface area contributed by atoms with E-state index in [0.29, 0.717) is 23.5 Å². The molecule has 0 radical (unpaired) electrons. The molecule has 0 spiro atoms. The van der Waals surface area contributed by atoms with E-state index in [4.69, 9.17) is 34.2 Å². The normalized spacial score (nSPS) is 38.4. The molecule has 2 aromatic heterocycles. The molecule has 2 fully saturated rings. The lowest BCUT2D eigenvalue weighted by Crippen LogP contribution is -2.57. The predicted molar refractivity (Wildman–Crippen MR) is 206 cm³/mol. The van der Waals surface area contributed by atoms with E-state index < -0.39 is 94.7 Å². The van der Waals surface area contributed by atoms with Crippen LogP contribution < -0.4 is 5.73 Å². The number of hydrogen-bond acceptors (Lipinski definition) is 16. The lowest BCUT2D eigenvalue weighted by Gasteiger charge is -2.46. The fourth-order valence-electron chi connectivity index (χ4n) is 8.67. The number of anilines is 1. The van der Waals surface area contributed by atoms with Crippen molar-refractivity contribution in [3.63, 3.8) is 0 Å². The average molecular weight is 804 g/mol. The molecule has 0 aromatic carbocycles. The number of ether oxygens (including phenoxy) is 6. The molecule has 0 amide bonds. The number of cyclic esters (lactones) is 1. The lowest BCUT2D eigenvalue weighted by molar-refractivity contribution is -0.274. The molecule has 17 heteroatoms. The number of aryl methyl sites for hydroxylation is 1. The van der Waals surface area contributed by atoms with Gasteiger partial charge in [0.05, 0.1) is 36.2 Å². The number of carbonyl (C=O) groups excluding carboxylic acids is 4. The Morgan fingerprint density at radius 3 is 2.45 bits per heavy atom. The Kier molecular flexibility index (Phi) is 13.6. The minimum atomic E-state index is -1.37. The van der Waals surface area contributed by atoms with Crippen LogP contribution >= 0.6 is 11.8 Å². The predicted octanol–water partition coefficient (Wildman–Crippen LogP) is 3.66. The van der Waals surface area contributed by atoms with Gasteiger partial charge in [-0.1, -0.05) is 33.8 Å². The number of thioether (sulfide) groups is 1. The van der Waals surface area contributed by atoms with Crippen LogP contribution in [0.2, 0.25) is 0 Å². The van der Waals surface area contributed by atoms with Gasteiger partial charge in [-0.15, -0.1) is 11.8 Å². The van der Waals surface area contributed by atoms with Crippen molar-refractivity contribution in [3.8, 4) is 0 Å². The molecule has 3 N–H and O–H groups in total. The van der Waals surface area contributed by atoms with Crippen molar-refractivity contribution in [3.05, 3.63) is 24.8 Å². The first-order valence-corrected chi connectivity index (χ1v) is 20.3. The summed E-state index contributed by atoms with van der Waals surface area (Å²) in [4.78, 5) is 67.3. The lowest BCUT2D eigenvalue weighted by atomic mass is 9.70. The Bertz CT molecular complexity index is 1790. The van der Waals surface area contributed by atoms with E-state index in [1.165, 1.54) is 32.1 Å². The standard InChI is InChI=1S/C39H57N5O11S/c1-11-26-39(9)27(31(36(49)55-39)56-15-14-44-18-43-28-33(40)41-17-42-34(28)44)21(4)29(46)19(2)16-38(8,50-10)32(22(5)30(47)23(6)35(48)53-26)54-37-25(52-24(7)45)13-12-20(3)51-37/h12-13,17-23,25-27,30-32,37,47H,11,14-16H2,1-10H3,(H2,40,41,42)/t19-,20-,21-,22+,23-,25-,26-,27+,30+,31?,32-,37+,38-,39-/m1/s1. The fraction of sp³-hybridized carbons (Fsp3) is 0.718. The summed E-state index contributed by atoms with van der Waals surface area (Å²) >= 11 is 1.35. The number of carbonyl (C=O) groups is 4. The molecule has 1 unspecified atom stereocenters. The second-order valence-electron chi connectivity index (χ2n) is 15.8. The number of nitrogen functional groups attached to an aromatic ring is 1. The van der Waals surface area contributed by atoms with E-state index in [1.807, 2.05) is 18.4 Å². The number of aliphatic hydroxyl groups is 1. The Balaban J connectivity index is 1.50. The molecule has 2 saturated heterocycles. The van der Waals surface area contributed by atoms with Crippen molar-refractivity contribution in [1.82, 2.24) is 19.5 Å². The smallest absolute Gasteiger partial charge is 0.320 e. The maximum absolute atomic E-state index is 14.7. The Labute approximate surface area is 331 Å². The zero-order chi connectivity index (χ0) is 41.3. The average Bonchev–Trinajstić information content (AvgIpc) is 3.69. The van der Waals surface area contributed by atoms with Crippen LogP contribution in [-0.4, -0.2) is 114 Å². The molecule has 0 bridgehead atoms. The molecule has 5 heterocycles. The molecule has 3 aliphatic heterocycles. The monoisotopic (exact) mass is 803 g/mol. The minimum Gasteiger partial charge on any atom is -0.458 e. The number of Topliss-reactive ketones (excluding diaryl/α,β-unsaturated/α-hetero) is 1. The van der Waals surface area contributed by atoms with Gasteiger partial charge >= 0.3 is 17.9 Å². The molecule has 16 nitrogen and oxygen atoms in total. The number of esters is 3. The molecule has 0 aliphatic carbocycles. The number of aromatic nitrogens is 4. The van der Waals surface area contributed by atoms with Gasteiger partial charge in [0.15, 0.2) is 29.5 Å². The zero-order valence-corrected chi connectivity index (χ0v) is 34.7. The Hall–Kier alpha value is -3.64. The first kappa shape index (κ1) is 43.5. The second-order valence-corrected chi connectivity index (χ2v) is 17.1. The third kappa shape index (κ3) is 8.61. The van der Waals surface area contributed by atoms with Crippen LogP contribution in [0.5, 0.6) is 0 Å². The van der Waals surface area contributed by atoms with E-state index in [1.54, 1.807) is 60.0 Å². The number of methoxy groups -OCH3 is 1. The van der Waals surface area contributed by atoms with E-state index in [-0.39, 0.29) is 30.5 Å². The van der Waals surface area contributed by atoms with Crippen molar-refractivity contribution in [2.75, 3.05) is 18.6 Å². The number of ketones is 1. The molecule has 14 atom stereocenters. The molecular formula is C39H57N5O11S. The Morgan fingerprint density at radius 2 is 1.79 bits per heavy atom.